The zero-order chi connectivity index (χ0) is 19.8. The van der Waals surface area contributed by atoms with Crippen LogP contribution in [0.4, 0.5) is 0 Å². The van der Waals surface area contributed by atoms with Crippen LogP contribution < -0.4 is 9.47 Å². The van der Waals surface area contributed by atoms with Gasteiger partial charge in [-0.05, 0) is 36.4 Å². The summed E-state index contributed by atoms with van der Waals surface area (Å²) in [6.07, 6.45) is 0. The van der Waals surface area contributed by atoms with Crippen LogP contribution in [-0.2, 0) is 4.79 Å². The number of rotatable bonds is 6. The fourth-order valence-corrected chi connectivity index (χ4v) is 4.46. The number of ketones is 1. The molecular formula is C21H16Br2O5. The summed E-state index contributed by atoms with van der Waals surface area (Å²) in [6, 6.07) is 14.7. The third-order valence-corrected chi connectivity index (χ3v) is 6.33. The van der Waals surface area contributed by atoms with Gasteiger partial charge in [-0.2, -0.15) is 0 Å². The van der Waals surface area contributed by atoms with Gasteiger partial charge in [-0.15, -0.1) is 0 Å². The lowest BCUT2D eigenvalue weighted by Gasteiger charge is -2.09. The van der Waals surface area contributed by atoms with Gasteiger partial charge in [0.05, 0.1) is 25.0 Å². The van der Waals surface area contributed by atoms with Crippen molar-refractivity contribution in [2.75, 3.05) is 14.2 Å². The highest BCUT2D eigenvalue weighted by atomic mass is 79.9. The molecule has 144 valence electrons. The Morgan fingerprint density at radius 1 is 0.821 bits per heavy atom. The first-order chi connectivity index (χ1) is 13.5. The van der Waals surface area contributed by atoms with Crippen LogP contribution >= 0.6 is 31.9 Å². The predicted molar refractivity (Wildman–Crippen MR) is 114 cm³/mol. The molecular weight excluding hydrogens is 492 g/mol. The fourth-order valence-electron chi connectivity index (χ4n) is 3.12. The van der Waals surface area contributed by atoms with E-state index in [-0.39, 0.29) is 5.78 Å². The van der Waals surface area contributed by atoms with Gasteiger partial charge in [0.2, 0.25) is 0 Å². The van der Waals surface area contributed by atoms with Crippen LogP contribution in [0.1, 0.15) is 21.2 Å². The number of carbonyl (C=O) groups is 1. The topological polar surface area (TPSA) is 61.8 Å². The van der Waals surface area contributed by atoms with Crippen LogP contribution in [0.2, 0.25) is 0 Å². The lowest BCUT2D eigenvalue weighted by atomic mass is 10.1. The van der Waals surface area contributed by atoms with Crippen molar-refractivity contribution >= 4 is 59.6 Å². The Labute approximate surface area is 177 Å². The van der Waals surface area contributed by atoms with Gasteiger partial charge in [0.1, 0.15) is 43.8 Å². The molecule has 2 unspecified atom stereocenters. The first-order valence-electron chi connectivity index (χ1n) is 8.48. The molecule has 0 aliphatic heterocycles. The number of Topliss-reactive ketones (excluding diaryl/α,β-unsaturated/α-hetero) is 1. The predicted octanol–water partition coefficient (Wildman–Crippen LogP) is 6.34. The van der Waals surface area contributed by atoms with E-state index in [1.54, 1.807) is 14.2 Å². The molecule has 2 aromatic heterocycles. The molecule has 2 aromatic carbocycles. The van der Waals surface area contributed by atoms with Gasteiger partial charge in [-0.1, -0.05) is 44.0 Å². The monoisotopic (exact) mass is 506 g/mol. The molecule has 0 amide bonds. The minimum absolute atomic E-state index is 0.143. The van der Waals surface area contributed by atoms with E-state index >= 15 is 0 Å². The Morgan fingerprint density at radius 3 is 1.64 bits per heavy atom. The summed E-state index contributed by atoms with van der Waals surface area (Å²) in [5.74, 6) is 2.25. The summed E-state index contributed by atoms with van der Waals surface area (Å²) in [5, 5.41) is 1.63. The highest BCUT2D eigenvalue weighted by molar-refractivity contribution is 9.10. The van der Waals surface area contributed by atoms with Crippen molar-refractivity contribution in [2.45, 2.75) is 9.65 Å². The normalized spacial score (nSPS) is 13.6. The number of fused-ring (bicyclic) bond motifs is 2. The standard InChI is InChI=1S/C21H16Br2O5/c1-25-13-5-3-7-15-11(13)9-17(27-15)19(22)21(24)20(23)18-10-12-14(26-2)6-4-8-16(12)28-18/h3-10,19-20H,1-2H3. The van der Waals surface area contributed by atoms with E-state index in [9.17, 15) is 4.79 Å². The number of furan rings is 2. The maximum atomic E-state index is 13.0. The molecule has 0 spiro atoms. The van der Waals surface area contributed by atoms with E-state index in [0.717, 1.165) is 10.8 Å². The van der Waals surface area contributed by atoms with Crippen LogP contribution in [0, 0.1) is 0 Å². The fraction of sp³-hybridized carbons (Fsp3) is 0.190. The number of carbonyl (C=O) groups excluding carboxylic acids is 1. The molecule has 0 radical (unpaired) electrons. The van der Waals surface area contributed by atoms with Crippen LogP contribution in [0.25, 0.3) is 21.9 Å². The Bertz CT molecular complexity index is 1070. The third-order valence-electron chi connectivity index (χ3n) is 4.52. The van der Waals surface area contributed by atoms with Crippen molar-refractivity contribution in [3.63, 3.8) is 0 Å². The largest absolute Gasteiger partial charge is 0.496 e. The summed E-state index contributed by atoms with van der Waals surface area (Å²) in [7, 11) is 3.20. The van der Waals surface area contributed by atoms with Gasteiger partial charge in [-0.3, -0.25) is 4.79 Å². The van der Waals surface area contributed by atoms with Crippen molar-refractivity contribution < 1.29 is 23.1 Å². The maximum Gasteiger partial charge on any atom is 0.175 e. The van der Waals surface area contributed by atoms with Gasteiger partial charge in [0.15, 0.2) is 5.78 Å². The second-order valence-corrected chi connectivity index (χ2v) is 8.00. The molecule has 0 fully saturated rings. The number of benzene rings is 2. The van der Waals surface area contributed by atoms with Gasteiger partial charge in [0, 0.05) is 0 Å². The number of methoxy groups -OCH3 is 2. The SMILES string of the molecule is COc1cccc2oc(C(Br)C(=O)C(Br)c3cc4c(OC)cccc4o3)cc12. The van der Waals surface area contributed by atoms with Crippen molar-refractivity contribution in [3.05, 3.63) is 60.1 Å². The van der Waals surface area contributed by atoms with Gasteiger partial charge < -0.3 is 18.3 Å². The number of hydrogen-bond acceptors (Lipinski definition) is 5. The zero-order valence-corrected chi connectivity index (χ0v) is 18.2. The van der Waals surface area contributed by atoms with Gasteiger partial charge >= 0.3 is 0 Å². The Hall–Kier alpha value is -2.25. The molecule has 0 aliphatic rings. The van der Waals surface area contributed by atoms with Crippen molar-refractivity contribution in [3.8, 4) is 11.5 Å². The van der Waals surface area contributed by atoms with Crippen molar-refractivity contribution in [1.29, 1.82) is 0 Å². The second-order valence-electron chi connectivity index (χ2n) is 6.17. The Balaban J connectivity index is 1.65. The van der Waals surface area contributed by atoms with E-state index in [4.69, 9.17) is 18.3 Å². The molecule has 2 atom stereocenters. The number of ether oxygens (including phenoxy) is 2. The first-order valence-corrected chi connectivity index (χ1v) is 10.3. The van der Waals surface area contributed by atoms with E-state index in [1.807, 2.05) is 48.5 Å². The number of halogens is 2. The molecule has 0 bridgehead atoms. The number of hydrogen-bond donors (Lipinski definition) is 0. The summed E-state index contributed by atoms with van der Waals surface area (Å²) < 4.78 is 22.4. The summed E-state index contributed by atoms with van der Waals surface area (Å²) in [6.45, 7) is 0. The molecule has 2 heterocycles. The molecule has 0 saturated heterocycles. The molecule has 5 nitrogen and oxygen atoms in total. The summed E-state index contributed by atoms with van der Waals surface area (Å²) >= 11 is 6.93. The van der Waals surface area contributed by atoms with Crippen molar-refractivity contribution in [1.82, 2.24) is 0 Å². The van der Waals surface area contributed by atoms with Crippen molar-refractivity contribution in [2.24, 2.45) is 0 Å². The Kier molecular flexibility index (Phi) is 5.21. The minimum Gasteiger partial charge on any atom is -0.496 e. The molecule has 0 saturated carbocycles. The van der Waals surface area contributed by atoms with Gasteiger partial charge in [0.25, 0.3) is 0 Å². The summed E-state index contributed by atoms with van der Waals surface area (Å²) in [5.41, 5.74) is 1.32. The van der Waals surface area contributed by atoms with Crippen LogP contribution in [-0.4, -0.2) is 20.0 Å². The summed E-state index contributed by atoms with van der Waals surface area (Å²) in [4.78, 5) is 11.7. The maximum absolute atomic E-state index is 13.0. The molecule has 28 heavy (non-hydrogen) atoms. The smallest absolute Gasteiger partial charge is 0.175 e. The molecule has 0 N–H and O–H groups in total. The highest BCUT2D eigenvalue weighted by Crippen LogP contribution is 2.40. The Morgan fingerprint density at radius 2 is 1.25 bits per heavy atom. The average Bonchev–Trinajstić information content (AvgIpc) is 3.35. The van der Waals surface area contributed by atoms with Crippen LogP contribution in [0.15, 0.2) is 57.4 Å². The average molecular weight is 508 g/mol. The number of alkyl halides is 2. The van der Waals surface area contributed by atoms with Gasteiger partial charge in [-0.25, -0.2) is 0 Å². The zero-order valence-electron chi connectivity index (χ0n) is 15.1. The minimum atomic E-state index is -0.649. The highest BCUT2D eigenvalue weighted by Gasteiger charge is 2.31. The van der Waals surface area contributed by atoms with Crippen LogP contribution in [0.5, 0.6) is 11.5 Å². The lowest BCUT2D eigenvalue weighted by molar-refractivity contribution is -0.118. The van der Waals surface area contributed by atoms with E-state index in [1.165, 1.54) is 0 Å². The second kappa shape index (κ2) is 7.64. The molecule has 0 aliphatic carbocycles. The van der Waals surface area contributed by atoms with E-state index in [2.05, 4.69) is 31.9 Å². The molecule has 4 aromatic rings. The quantitative estimate of drug-likeness (QED) is 0.285. The first kappa shape index (κ1) is 19.1. The van der Waals surface area contributed by atoms with E-state index in [0.29, 0.717) is 34.2 Å². The lowest BCUT2D eigenvalue weighted by Crippen LogP contribution is -2.11. The third kappa shape index (κ3) is 3.22. The van der Waals surface area contributed by atoms with E-state index < -0.39 is 9.65 Å². The molecule has 4 rings (SSSR count). The van der Waals surface area contributed by atoms with Crippen LogP contribution in [0.3, 0.4) is 0 Å². The molecule has 7 heteroatoms.